The number of carbonyl (C=O) groups is 3. The third-order valence-electron chi connectivity index (χ3n) is 16.6. The average molecular weight is 1050 g/mol. The van der Waals surface area contributed by atoms with Gasteiger partial charge in [-0.3, -0.25) is 23.9 Å². The fourth-order valence-electron chi connectivity index (χ4n) is 12.6. The molecule has 0 radical (unpaired) electrons. The van der Waals surface area contributed by atoms with E-state index in [0.717, 1.165) is 80.1 Å². The molecule has 14 nitrogen and oxygen atoms in total. The summed E-state index contributed by atoms with van der Waals surface area (Å²) >= 11 is 7.88. The van der Waals surface area contributed by atoms with Crippen molar-refractivity contribution in [2.75, 3.05) is 59.0 Å². The summed E-state index contributed by atoms with van der Waals surface area (Å²) in [6.45, 7) is 23.9. The van der Waals surface area contributed by atoms with Crippen LogP contribution in [0.3, 0.4) is 0 Å². The summed E-state index contributed by atoms with van der Waals surface area (Å²) < 4.78 is 19.1. The highest BCUT2D eigenvalue weighted by atomic mass is 35.5. The van der Waals surface area contributed by atoms with Crippen molar-refractivity contribution in [3.8, 4) is 28.0 Å². The number of amides is 3. The number of nitriles is 1. The zero-order valence-corrected chi connectivity index (χ0v) is 46.4. The molecule has 0 bridgehead atoms. The number of likely N-dealkylation sites (tertiary alicyclic amines) is 1. The molecule has 2 aliphatic carbocycles. The Bertz CT molecular complexity index is 2640. The van der Waals surface area contributed by atoms with Crippen LogP contribution in [0.25, 0.3) is 10.4 Å². The molecule has 3 heterocycles. The van der Waals surface area contributed by atoms with Crippen molar-refractivity contribution in [3.05, 3.63) is 99.6 Å². The maximum absolute atomic E-state index is 15.0. The summed E-state index contributed by atoms with van der Waals surface area (Å²) in [5, 5.41) is 26.9. The fourth-order valence-corrected chi connectivity index (χ4v) is 13.6. The van der Waals surface area contributed by atoms with Gasteiger partial charge in [0.15, 0.2) is 0 Å². The van der Waals surface area contributed by atoms with Gasteiger partial charge in [-0.1, -0.05) is 97.2 Å². The lowest BCUT2D eigenvalue weighted by Gasteiger charge is -2.63. The average Bonchev–Trinajstić information content (AvgIpc) is 4.01. The molecule has 2 saturated heterocycles. The maximum Gasteiger partial charge on any atom is 0.337 e. The Labute approximate surface area is 447 Å². The van der Waals surface area contributed by atoms with Crippen LogP contribution in [0.15, 0.2) is 72.2 Å². The van der Waals surface area contributed by atoms with E-state index in [2.05, 4.69) is 90.4 Å². The lowest BCUT2D eigenvalue weighted by Crippen LogP contribution is -2.74. The van der Waals surface area contributed by atoms with Crippen LogP contribution in [0.1, 0.15) is 121 Å². The Morgan fingerprint density at radius 3 is 2.24 bits per heavy atom. The van der Waals surface area contributed by atoms with E-state index in [1.54, 1.807) is 41.7 Å². The number of carbonyl (C=O) groups excluding carboxylic acids is 3. The highest BCUT2D eigenvalue weighted by Crippen LogP contribution is 2.56. The number of aromatic nitrogens is 1. The van der Waals surface area contributed by atoms with E-state index in [0.29, 0.717) is 53.8 Å². The summed E-state index contributed by atoms with van der Waals surface area (Å²) in [4.78, 5) is 52.8. The molecule has 4 aromatic rings. The summed E-state index contributed by atoms with van der Waals surface area (Å²) in [6.07, 6.45) is 3.69. The first-order chi connectivity index (χ1) is 35.1. The van der Waals surface area contributed by atoms with Gasteiger partial charge in [-0.2, -0.15) is 5.26 Å². The van der Waals surface area contributed by atoms with Crippen molar-refractivity contribution in [2.24, 2.45) is 16.2 Å². The van der Waals surface area contributed by atoms with Crippen LogP contribution in [0, 0.1) is 34.5 Å². The van der Waals surface area contributed by atoms with E-state index >= 15 is 0 Å². The number of rotatable bonds is 17. The number of hydrogen-bond acceptors (Lipinski definition) is 12. The molecule has 1 unspecified atom stereocenters. The zero-order chi connectivity index (χ0) is 53.2. The number of thiazole rings is 1. The quantitative estimate of drug-likeness (QED) is 0.0865. The molecule has 4 fully saturated rings. The third-order valence-corrected chi connectivity index (χ3v) is 17.9. The van der Waals surface area contributed by atoms with Crippen molar-refractivity contribution in [3.63, 3.8) is 0 Å². The number of benzene rings is 3. The Morgan fingerprint density at radius 1 is 0.959 bits per heavy atom. The van der Waals surface area contributed by atoms with Gasteiger partial charge in [0.05, 0.1) is 39.3 Å². The van der Waals surface area contributed by atoms with Crippen LogP contribution in [0.5, 0.6) is 11.5 Å². The molecule has 3 amide bonds. The number of aliphatic hydroxyl groups excluding tert-OH is 1. The molecular weight excluding hydrogens is 974 g/mol. The fraction of sp³-hybridized carbons (Fsp3) is 0.569. The van der Waals surface area contributed by atoms with E-state index in [-0.39, 0.29) is 70.0 Å². The number of quaternary nitrogens is 1. The number of nitrogens with zero attached hydrogens (tertiary/aromatic N) is 5. The molecule has 2 saturated carbocycles. The van der Waals surface area contributed by atoms with Gasteiger partial charge in [-0.25, -0.2) is 9.78 Å². The van der Waals surface area contributed by atoms with Gasteiger partial charge in [-0.15, -0.1) is 11.3 Å². The van der Waals surface area contributed by atoms with Gasteiger partial charge in [0, 0.05) is 79.3 Å². The zero-order valence-electron chi connectivity index (χ0n) is 44.8. The number of aryl methyl sites for hydroxylation is 1. The predicted octanol–water partition coefficient (Wildman–Crippen LogP) is 8.98. The van der Waals surface area contributed by atoms with Gasteiger partial charge < -0.3 is 30.0 Å². The molecule has 16 heteroatoms. The monoisotopic (exact) mass is 1050 g/mol. The largest absolute Gasteiger partial charge is 0.492 e. The van der Waals surface area contributed by atoms with E-state index < -0.39 is 17.6 Å². The molecule has 3 aromatic carbocycles. The summed E-state index contributed by atoms with van der Waals surface area (Å²) in [5.41, 5.74) is 4.56. The number of ether oxygens (including phenoxy) is 3. The third kappa shape index (κ3) is 11.9. The number of nitrogens with one attached hydrogen (secondary N) is 2. The predicted molar refractivity (Wildman–Crippen MR) is 289 cm³/mol. The number of piperazine rings is 1. The van der Waals surface area contributed by atoms with Crippen molar-refractivity contribution in [1.29, 1.82) is 5.26 Å². The molecule has 4 aliphatic rings. The second kappa shape index (κ2) is 22.7. The summed E-state index contributed by atoms with van der Waals surface area (Å²) in [6, 6.07) is 21.8. The second-order valence-electron chi connectivity index (χ2n) is 23.4. The molecule has 74 heavy (non-hydrogen) atoms. The standard InChI is InChI=1S/C58H76ClN7O7S/c1-37-50(74-36-61-37)40-16-14-39(15-17-40)38(2)66(30-24-43(67)34-66)53(70)51(56(3,4)5)62-49(68)35-72-48-13-11-10-12-47(48)65-27-25-64(26-28-65)29-31-71-44-21-18-41(19-22-44)52(69)63-54-57(6,7)55(58(54,8)9)73-45-23-20-42(33-60)46(59)32-45/h14-23,32,36,38,43,47-48,51,54-55,67H,10-13,24-31,34-35H2,1-9H3,(H-,62,63,68,69)/p+1/t38-,43+,47-,48-,51+,54?,55?,66?/m0/s1. The lowest BCUT2D eigenvalue weighted by atomic mass is 9.49. The van der Waals surface area contributed by atoms with Gasteiger partial charge in [-0.05, 0) is 74.1 Å². The SMILES string of the molecule is Cc1ncsc1-c1ccc([C@H](C)[N+]2(C(=O)[C@@H](NC(=O)CO[C@H]3CCCC[C@@H]3N3CCN(CCOc4ccc(C(=O)NC5C(C)(C)C(Oc6ccc(C#N)c(Cl)c6)C5(C)C)cc4)CC3)C(C)(C)C)CC[C@@H](O)C2)cc1. The van der Waals surface area contributed by atoms with Gasteiger partial charge in [0.2, 0.25) is 5.91 Å². The Kier molecular flexibility index (Phi) is 17.0. The van der Waals surface area contributed by atoms with Gasteiger partial charge in [0.1, 0.15) is 61.6 Å². The maximum atomic E-state index is 15.0. The Morgan fingerprint density at radius 2 is 1.64 bits per heavy atom. The first kappa shape index (κ1) is 55.3. The minimum absolute atomic E-state index is 0.0670. The Balaban J connectivity index is 0.786. The normalized spacial score (nSPS) is 25.7. The van der Waals surface area contributed by atoms with E-state index in [1.807, 2.05) is 45.3 Å². The smallest absolute Gasteiger partial charge is 0.337 e. The van der Waals surface area contributed by atoms with Crippen molar-refractivity contribution in [2.45, 2.75) is 137 Å². The highest BCUT2D eigenvalue weighted by Gasteiger charge is 2.64. The van der Waals surface area contributed by atoms with Crippen LogP contribution >= 0.6 is 22.9 Å². The minimum atomic E-state index is -0.784. The topological polar surface area (TPSA) is 166 Å². The van der Waals surface area contributed by atoms with E-state index in [1.165, 1.54) is 0 Å². The number of halogens is 1. The molecule has 1 aromatic heterocycles. The first-order valence-electron chi connectivity index (χ1n) is 26.5. The molecule has 2 aliphatic heterocycles. The van der Waals surface area contributed by atoms with Crippen LogP contribution in [0.2, 0.25) is 5.02 Å². The van der Waals surface area contributed by atoms with Crippen LogP contribution in [0.4, 0.5) is 0 Å². The second-order valence-corrected chi connectivity index (χ2v) is 24.7. The number of aliphatic hydroxyl groups is 1. The summed E-state index contributed by atoms with van der Waals surface area (Å²) in [7, 11) is 0. The van der Waals surface area contributed by atoms with Crippen molar-refractivity contribution >= 4 is 40.7 Å². The summed E-state index contributed by atoms with van der Waals surface area (Å²) in [5.74, 6) is 0.763. The van der Waals surface area contributed by atoms with Crippen molar-refractivity contribution in [1.82, 2.24) is 25.4 Å². The van der Waals surface area contributed by atoms with Gasteiger partial charge >= 0.3 is 5.91 Å². The molecule has 8 rings (SSSR count). The van der Waals surface area contributed by atoms with E-state index in [4.69, 9.17) is 25.8 Å². The van der Waals surface area contributed by atoms with Gasteiger partial charge in [0.25, 0.3) is 5.91 Å². The number of hydrogen-bond donors (Lipinski definition) is 3. The Hall–Kier alpha value is -4.92. The van der Waals surface area contributed by atoms with Crippen molar-refractivity contribution < 1.29 is 38.2 Å². The minimum Gasteiger partial charge on any atom is -0.492 e. The first-order valence-corrected chi connectivity index (χ1v) is 27.7. The molecule has 6 atom stereocenters. The molecular formula is C58H77ClN7O7S+. The van der Waals surface area contributed by atoms with Crippen LogP contribution < -0.4 is 20.1 Å². The van der Waals surface area contributed by atoms with Crippen LogP contribution in [-0.4, -0.2) is 138 Å². The lowest BCUT2D eigenvalue weighted by molar-refractivity contribution is -0.874. The highest BCUT2D eigenvalue weighted by molar-refractivity contribution is 7.13. The molecule has 0 spiro atoms. The van der Waals surface area contributed by atoms with E-state index in [9.17, 15) is 24.8 Å². The van der Waals surface area contributed by atoms with Crippen LogP contribution in [-0.2, 0) is 14.3 Å². The molecule has 398 valence electrons. The molecule has 3 N–H and O–H groups in total.